The molecule has 0 aromatic rings. The second-order valence-corrected chi connectivity index (χ2v) is 4.32. The van der Waals surface area contributed by atoms with E-state index in [1.165, 1.54) is 0 Å². The van der Waals surface area contributed by atoms with Crippen LogP contribution < -0.4 is 5.32 Å². The lowest BCUT2D eigenvalue weighted by atomic mass is 10.1. The van der Waals surface area contributed by atoms with Crippen molar-refractivity contribution >= 4 is 6.41 Å². The van der Waals surface area contributed by atoms with E-state index in [4.69, 9.17) is 0 Å². The number of hydrogen-bond acceptors (Lipinski definition) is 3. The second kappa shape index (κ2) is 4.07. The molecule has 1 heterocycles. The molecular formula is C9H18N2O2. The van der Waals surface area contributed by atoms with Gasteiger partial charge in [-0.25, -0.2) is 0 Å². The number of amides is 1. The standard InChI is InChI=1S/C9H18N2O2/c1-9(2,13)6-11-4-3-8(5-11)10-7-12/h7-8,13H,3-6H2,1-2H3,(H,10,12). The summed E-state index contributed by atoms with van der Waals surface area (Å²) >= 11 is 0. The minimum Gasteiger partial charge on any atom is -0.389 e. The minimum absolute atomic E-state index is 0.264. The van der Waals surface area contributed by atoms with E-state index in [0.29, 0.717) is 6.54 Å². The van der Waals surface area contributed by atoms with Crippen molar-refractivity contribution in [2.75, 3.05) is 19.6 Å². The lowest BCUT2D eigenvalue weighted by Crippen LogP contribution is -2.39. The largest absolute Gasteiger partial charge is 0.389 e. The first-order chi connectivity index (χ1) is 6.01. The Kier molecular flexibility index (Phi) is 3.27. The van der Waals surface area contributed by atoms with Gasteiger partial charge in [0.1, 0.15) is 0 Å². The van der Waals surface area contributed by atoms with E-state index in [9.17, 15) is 9.90 Å². The third-order valence-corrected chi connectivity index (χ3v) is 2.19. The van der Waals surface area contributed by atoms with Gasteiger partial charge in [-0.05, 0) is 20.3 Å². The van der Waals surface area contributed by atoms with Crippen LogP contribution in [0, 0.1) is 0 Å². The molecule has 13 heavy (non-hydrogen) atoms. The summed E-state index contributed by atoms with van der Waals surface area (Å²) in [4.78, 5) is 12.3. The molecule has 1 fully saturated rings. The van der Waals surface area contributed by atoms with Crippen LogP contribution in [0.25, 0.3) is 0 Å². The third-order valence-electron chi connectivity index (χ3n) is 2.19. The summed E-state index contributed by atoms with van der Waals surface area (Å²) in [6, 6.07) is 0.264. The Labute approximate surface area is 78.9 Å². The maximum atomic E-state index is 10.2. The van der Waals surface area contributed by atoms with Crippen LogP contribution in [-0.2, 0) is 4.79 Å². The molecule has 0 aromatic heterocycles. The van der Waals surface area contributed by atoms with Gasteiger partial charge in [-0.3, -0.25) is 9.69 Å². The molecular weight excluding hydrogens is 168 g/mol. The molecule has 0 spiro atoms. The van der Waals surface area contributed by atoms with Gasteiger partial charge in [0.2, 0.25) is 6.41 Å². The normalized spacial score (nSPS) is 24.7. The Balaban J connectivity index is 2.29. The highest BCUT2D eigenvalue weighted by Crippen LogP contribution is 2.12. The van der Waals surface area contributed by atoms with Crippen molar-refractivity contribution < 1.29 is 9.90 Å². The summed E-state index contributed by atoms with van der Waals surface area (Å²) < 4.78 is 0. The van der Waals surface area contributed by atoms with E-state index in [1.807, 2.05) is 0 Å². The fourth-order valence-corrected chi connectivity index (χ4v) is 1.76. The monoisotopic (exact) mass is 186 g/mol. The number of nitrogens with zero attached hydrogens (tertiary/aromatic N) is 1. The Morgan fingerprint density at radius 3 is 2.92 bits per heavy atom. The number of carbonyl (C=O) groups is 1. The molecule has 1 saturated heterocycles. The first-order valence-corrected chi connectivity index (χ1v) is 4.66. The topological polar surface area (TPSA) is 52.6 Å². The highest BCUT2D eigenvalue weighted by Gasteiger charge is 2.26. The number of aliphatic hydroxyl groups is 1. The van der Waals surface area contributed by atoms with Crippen molar-refractivity contribution in [1.29, 1.82) is 0 Å². The summed E-state index contributed by atoms with van der Waals surface area (Å²) in [5.74, 6) is 0. The van der Waals surface area contributed by atoms with Crippen molar-refractivity contribution in [2.24, 2.45) is 0 Å². The Morgan fingerprint density at radius 1 is 1.69 bits per heavy atom. The van der Waals surface area contributed by atoms with E-state index in [0.717, 1.165) is 25.9 Å². The lowest BCUT2D eigenvalue weighted by molar-refractivity contribution is -0.110. The molecule has 0 aliphatic carbocycles. The quantitative estimate of drug-likeness (QED) is 0.586. The molecule has 2 N–H and O–H groups in total. The molecule has 4 heteroatoms. The van der Waals surface area contributed by atoms with Crippen LogP contribution >= 0.6 is 0 Å². The van der Waals surface area contributed by atoms with Crippen LogP contribution in [0.1, 0.15) is 20.3 Å². The Morgan fingerprint density at radius 2 is 2.38 bits per heavy atom. The van der Waals surface area contributed by atoms with E-state index in [2.05, 4.69) is 10.2 Å². The van der Waals surface area contributed by atoms with Crippen LogP contribution in [0.2, 0.25) is 0 Å². The molecule has 0 bridgehead atoms. The number of carbonyl (C=O) groups excluding carboxylic acids is 1. The third kappa shape index (κ3) is 3.74. The number of likely N-dealkylation sites (tertiary alicyclic amines) is 1. The van der Waals surface area contributed by atoms with Gasteiger partial charge in [-0.1, -0.05) is 0 Å². The SMILES string of the molecule is CC(C)(O)CN1CCC(NC=O)C1. The zero-order valence-electron chi connectivity index (χ0n) is 8.29. The zero-order valence-corrected chi connectivity index (χ0v) is 8.29. The Hall–Kier alpha value is -0.610. The van der Waals surface area contributed by atoms with Gasteiger partial charge in [-0.2, -0.15) is 0 Å². The number of hydrogen-bond donors (Lipinski definition) is 2. The lowest BCUT2D eigenvalue weighted by Gasteiger charge is -2.24. The molecule has 1 rings (SSSR count). The van der Waals surface area contributed by atoms with E-state index in [1.54, 1.807) is 13.8 Å². The molecule has 1 aliphatic heterocycles. The van der Waals surface area contributed by atoms with Crippen molar-refractivity contribution in [2.45, 2.75) is 31.9 Å². The van der Waals surface area contributed by atoms with E-state index < -0.39 is 5.60 Å². The van der Waals surface area contributed by atoms with Crippen molar-refractivity contribution in [3.63, 3.8) is 0 Å². The van der Waals surface area contributed by atoms with Gasteiger partial charge in [0, 0.05) is 25.7 Å². The average Bonchev–Trinajstić information content (AvgIpc) is 2.33. The molecule has 1 amide bonds. The zero-order chi connectivity index (χ0) is 9.90. The van der Waals surface area contributed by atoms with Gasteiger partial charge >= 0.3 is 0 Å². The van der Waals surface area contributed by atoms with Gasteiger partial charge in [0.05, 0.1) is 5.60 Å². The first-order valence-electron chi connectivity index (χ1n) is 4.66. The van der Waals surface area contributed by atoms with Gasteiger partial charge in [0.15, 0.2) is 0 Å². The molecule has 1 atom stereocenters. The second-order valence-electron chi connectivity index (χ2n) is 4.32. The summed E-state index contributed by atoms with van der Waals surface area (Å²) in [6.45, 7) is 6.07. The molecule has 4 nitrogen and oxygen atoms in total. The van der Waals surface area contributed by atoms with Crippen molar-refractivity contribution in [3.8, 4) is 0 Å². The van der Waals surface area contributed by atoms with Crippen LogP contribution in [0.5, 0.6) is 0 Å². The van der Waals surface area contributed by atoms with Gasteiger partial charge in [0.25, 0.3) is 0 Å². The summed E-state index contributed by atoms with van der Waals surface area (Å²) in [5, 5.41) is 12.3. The molecule has 0 saturated carbocycles. The van der Waals surface area contributed by atoms with E-state index in [-0.39, 0.29) is 6.04 Å². The molecule has 0 aromatic carbocycles. The van der Waals surface area contributed by atoms with Gasteiger partial charge in [-0.15, -0.1) is 0 Å². The fraction of sp³-hybridized carbons (Fsp3) is 0.889. The summed E-state index contributed by atoms with van der Waals surface area (Å²) in [5.41, 5.74) is -0.643. The smallest absolute Gasteiger partial charge is 0.207 e. The summed E-state index contributed by atoms with van der Waals surface area (Å²) in [7, 11) is 0. The average molecular weight is 186 g/mol. The highest BCUT2D eigenvalue weighted by molar-refractivity contribution is 5.46. The molecule has 1 unspecified atom stereocenters. The predicted molar refractivity (Wildman–Crippen MR) is 50.3 cm³/mol. The number of β-amino-alcohol motifs (C(OH)–C–C–N with tert-alkyl or cyclic N) is 1. The molecule has 76 valence electrons. The Bertz CT molecular complexity index is 177. The predicted octanol–water partition coefficient (Wildman–Crippen LogP) is -0.422. The fourth-order valence-electron chi connectivity index (χ4n) is 1.76. The minimum atomic E-state index is -0.643. The van der Waals surface area contributed by atoms with Crippen LogP contribution in [-0.4, -0.2) is 47.7 Å². The highest BCUT2D eigenvalue weighted by atomic mass is 16.3. The van der Waals surface area contributed by atoms with Crippen molar-refractivity contribution in [3.05, 3.63) is 0 Å². The number of rotatable bonds is 4. The number of nitrogens with one attached hydrogen (secondary N) is 1. The summed E-state index contributed by atoms with van der Waals surface area (Å²) in [6.07, 6.45) is 1.73. The van der Waals surface area contributed by atoms with E-state index >= 15 is 0 Å². The van der Waals surface area contributed by atoms with Crippen LogP contribution in [0.3, 0.4) is 0 Å². The van der Waals surface area contributed by atoms with Crippen molar-refractivity contribution in [1.82, 2.24) is 10.2 Å². The molecule has 1 aliphatic rings. The molecule has 0 radical (unpaired) electrons. The maximum Gasteiger partial charge on any atom is 0.207 e. The van der Waals surface area contributed by atoms with Crippen LogP contribution in [0.4, 0.5) is 0 Å². The van der Waals surface area contributed by atoms with Gasteiger partial charge < -0.3 is 10.4 Å². The van der Waals surface area contributed by atoms with Crippen LogP contribution in [0.15, 0.2) is 0 Å². The first kappa shape index (κ1) is 10.5. The maximum absolute atomic E-state index is 10.2.